The number of ether oxygens (including phenoxy) is 1. The topological polar surface area (TPSA) is 144 Å². The van der Waals surface area contributed by atoms with Gasteiger partial charge in [0.2, 0.25) is 5.91 Å². The maximum absolute atomic E-state index is 14.8. The highest BCUT2D eigenvalue weighted by Crippen LogP contribution is 2.26. The lowest BCUT2D eigenvalue weighted by atomic mass is 10.1. The minimum atomic E-state index is -1.68. The van der Waals surface area contributed by atoms with Crippen molar-refractivity contribution in [3.63, 3.8) is 0 Å². The third-order valence-corrected chi connectivity index (χ3v) is 6.37. The van der Waals surface area contributed by atoms with Crippen LogP contribution in [0.3, 0.4) is 0 Å². The Kier molecular flexibility index (Phi) is 7.55. The quantitative estimate of drug-likeness (QED) is 0.421. The number of hydrogen-bond acceptors (Lipinski definition) is 6. The second kappa shape index (κ2) is 10.6. The molecule has 0 spiro atoms. The van der Waals surface area contributed by atoms with Crippen LogP contribution in [0.5, 0.6) is 0 Å². The zero-order valence-electron chi connectivity index (χ0n) is 19.9. The van der Waals surface area contributed by atoms with Crippen molar-refractivity contribution in [1.29, 1.82) is 0 Å². The van der Waals surface area contributed by atoms with E-state index in [4.69, 9.17) is 22.1 Å². The van der Waals surface area contributed by atoms with Crippen LogP contribution in [-0.4, -0.2) is 69.6 Å². The number of carbonyl (C=O) groups is 3. The summed E-state index contributed by atoms with van der Waals surface area (Å²) in [6.45, 7) is 1.17. The van der Waals surface area contributed by atoms with Crippen molar-refractivity contribution in [2.75, 3.05) is 19.1 Å². The van der Waals surface area contributed by atoms with Gasteiger partial charge in [0.15, 0.2) is 5.69 Å². The minimum Gasteiger partial charge on any atom is -0.376 e. The largest absolute Gasteiger partial charge is 0.376 e. The minimum absolute atomic E-state index is 0.0928. The van der Waals surface area contributed by atoms with Crippen LogP contribution in [0.25, 0.3) is 10.9 Å². The van der Waals surface area contributed by atoms with Crippen molar-refractivity contribution >= 4 is 40.3 Å². The van der Waals surface area contributed by atoms with Crippen LogP contribution in [0.4, 0.5) is 13.6 Å². The molecule has 1 saturated heterocycles. The number of urea groups is 1. The monoisotopic (exact) mass is 535 g/mol. The van der Waals surface area contributed by atoms with Crippen molar-refractivity contribution in [2.24, 2.45) is 5.73 Å². The molecule has 4 N–H and O–H groups in total. The first kappa shape index (κ1) is 26.2. The predicted octanol–water partition coefficient (Wildman–Crippen LogP) is 1.90. The molecular formula is C23H24ClF2N7O4. The number of amides is 4. The zero-order chi connectivity index (χ0) is 26.9. The number of aryl methyl sites for hydroxylation is 1. The number of halogens is 3. The van der Waals surface area contributed by atoms with Crippen LogP contribution in [0, 0.1) is 5.82 Å². The summed E-state index contributed by atoms with van der Waals surface area (Å²) < 4.78 is 34.2. The molecule has 11 nitrogen and oxygen atoms in total. The third kappa shape index (κ3) is 5.04. The van der Waals surface area contributed by atoms with Crippen LogP contribution >= 0.6 is 11.6 Å². The first-order chi connectivity index (χ1) is 17.7. The number of nitrogens with two attached hydrogens (primary N) is 1. The molecule has 3 aromatic rings. The molecule has 2 aromatic heterocycles. The molecule has 1 aliphatic rings. The molecule has 37 heavy (non-hydrogen) atoms. The second-order valence-corrected chi connectivity index (χ2v) is 8.74. The lowest BCUT2D eigenvalue weighted by molar-refractivity contribution is -0.128. The van der Waals surface area contributed by atoms with E-state index in [0.717, 1.165) is 9.69 Å². The molecule has 14 heteroatoms. The fourth-order valence-corrected chi connectivity index (χ4v) is 4.40. The highest BCUT2D eigenvalue weighted by atomic mass is 35.5. The second-order valence-electron chi connectivity index (χ2n) is 8.33. The van der Waals surface area contributed by atoms with Gasteiger partial charge in [-0.25, -0.2) is 19.0 Å². The van der Waals surface area contributed by atoms with E-state index in [0.29, 0.717) is 17.5 Å². The van der Waals surface area contributed by atoms with Crippen LogP contribution in [0.1, 0.15) is 28.7 Å². The van der Waals surface area contributed by atoms with Crippen molar-refractivity contribution < 1.29 is 27.9 Å². The molecule has 1 aromatic carbocycles. The molecule has 4 amide bonds. The fourth-order valence-electron chi connectivity index (χ4n) is 4.20. The van der Waals surface area contributed by atoms with E-state index < -0.39 is 48.5 Å². The maximum Gasteiger partial charge on any atom is 0.338 e. The van der Waals surface area contributed by atoms with Gasteiger partial charge in [-0.15, -0.1) is 5.10 Å². The zero-order valence-corrected chi connectivity index (χ0v) is 20.6. The van der Waals surface area contributed by atoms with E-state index in [9.17, 15) is 23.2 Å². The summed E-state index contributed by atoms with van der Waals surface area (Å²) in [4.78, 5) is 44.3. The Labute approximate surface area is 214 Å². The summed E-state index contributed by atoms with van der Waals surface area (Å²) in [5.41, 5.74) is 8.86. The van der Waals surface area contributed by atoms with Crippen molar-refractivity contribution in [1.82, 2.24) is 25.1 Å². The van der Waals surface area contributed by atoms with E-state index in [-0.39, 0.29) is 28.3 Å². The molecule has 3 heterocycles. The van der Waals surface area contributed by atoms with Crippen LogP contribution in [0.2, 0.25) is 5.02 Å². The summed E-state index contributed by atoms with van der Waals surface area (Å²) in [7, 11) is 1.21. The molecule has 0 aliphatic carbocycles. The normalized spacial score (nSPS) is 19.3. The van der Waals surface area contributed by atoms with Gasteiger partial charge in [0, 0.05) is 30.3 Å². The lowest BCUT2D eigenvalue weighted by Gasteiger charge is -2.26. The Morgan fingerprint density at radius 2 is 2.08 bits per heavy atom. The Balaban J connectivity index is 1.58. The number of carbonyl (C=O) groups excluding carboxylic acids is 3. The number of pyridine rings is 1. The van der Waals surface area contributed by atoms with E-state index in [1.165, 1.54) is 31.5 Å². The Bertz CT molecular complexity index is 1370. The number of hydrogen-bond donors (Lipinski definition) is 3. The fraction of sp³-hybridized carbons (Fsp3) is 0.348. The molecule has 3 atom stereocenters. The Morgan fingerprint density at radius 3 is 2.76 bits per heavy atom. The third-order valence-electron chi connectivity index (χ3n) is 6.08. The number of nitrogens with zero attached hydrogens (tertiary/aromatic N) is 4. The molecule has 1 aliphatic heterocycles. The number of fused-ring (bicyclic) bond motifs is 1. The van der Waals surface area contributed by atoms with Gasteiger partial charge in [0.25, 0.3) is 5.91 Å². The number of aromatic nitrogens is 3. The smallest absolute Gasteiger partial charge is 0.338 e. The van der Waals surface area contributed by atoms with Gasteiger partial charge < -0.3 is 20.7 Å². The van der Waals surface area contributed by atoms with E-state index in [2.05, 4.69) is 20.8 Å². The summed E-state index contributed by atoms with van der Waals surface area (Å²) in [6, 6.07) is 3.67. The number of alkyl halides is 1. The standard InChI is InChI=1S/C23H24ClF2N7O4/c1-3-12-7-13-16(9-28-12)33(30-18(13)21(27)34)31-23(36)32-10-15(25)20(37-2)19(32)22(35)29-8-11-5-4-6-14(24)17(11)26/h4-7,9,15,19-20H,3,8,10H2,1-2H3,(H2,27,34)(H,29,35)(H,31,36)/t15-,19-,20+/m0/s1. The van der Waals surface area contributed by atoms with Gasteiger partial charge in [-0.1, -0.05) is 30.7 Å². The highest BCUT2D eigenvalue weighted by molar-refractivity contribution is 6.30. The number of methoxy groups -OCH3 is 1. The number of primary amides is 1. The van der Waals surface area contributed by atoms with Crippen molar-refractivity contribution in [3.05, 3.63) is 58.3 Å². The van der Waals surface area contributed by atoms with E-state index >= 15 is 0 Å². The molecule has 4 rings (SSSR count). The predicted molar refractivity (Wildman–Crippen MR) is 130 cm³/mol. The van der Waals surface area contributed by atoms with Gasteiger partial charge in [-0.05, 0) is 18.6 Å². The number of benzene rings is 1. The Morgan fingerprint density at radius 1 is 1.32 bits per heavy atom. The van der Waals surface area contributed by atoms with Crippen molar-refractivity contribution in [3.8, 4) is 0 Å². The van der Waals surface area contributed by atoms with Gasteiger partial charge in [-0.2, -0.15) is 4.79 Å². The SMILES string of the molecule is CCc1cc2c(C(N)=O)nn(NC(=O)N3C[C@H](F)[C@@H](OC)[C@H]3C(=O)NCc3cccc(Cl)c3F)c2cn1. The summed E-state index contributed by atoms with van der Waals surface area (Å²) >= 11 is 5.78. The van der Waals surface area contributed by atoms with E-state index in [1.54, 1.807) is 6.07 Å². The van der Waals surface area contributed by atoms with Crippen molar-refractivity contribution in [2.45, 2.75) is 38.2 Å². The number of likely N-dealkylation sites (tertiary alicyclic amines) is 1. The Hall–Kier alpha value is -3.84. The molecule has 1 fully saturated rings. The molecule has 0 saturated carbocycles. The maximum atomic E-state index is 14.8. The average Bonchev–Trinajstić information content (AvgIpc) is 3.41. The van der Waals surface area contributed by atoms with Gasteiger partial charge in [0.1, 0.15) is 29.7 Å². The molecule has 0 unspecified atom stereocenters. The van der Waals surface area contributed by atoms with E-state index in [1.807, 2.05) is 6.92 Å². The van der Waals surface area contributed by atoms with Crippen LogP contribution in [-0.2, 0) is 22.5 Å². The number of rotatable bonds is 7. The molecular weight excluding hydrogens is 512 g/mol. The molecule has 0 bridgehead atoms. The average molecular weight is 536 g/mol. The van der Waals surface area contributed by atoms with Gasteiger partial charge in [-0.3, -0.25) is 14.6 Å². The number of nitrogens with one attached hydrogen (secondary N) is 2. The summed E-state index contributed by atoms with van der Waals surface area (Å²) in [5.74, 6) is -2.28. The van der Waals surface area contributed by atoms with Crippen LogP contribution < -0.4 is 16.5 Å². The van der Waals surface area contributed by atoms with Crippen LogP contribution in [0.15, 0.2) is 30.5 Å². The summed E-state index contributed by atoms with van der Waals surface area (Å²) in [6.07, 6.45) is -0.957. The molecule has 196 valence electrons. The van der Waals surface area contributed by atoms with Gasteiger partial charge >= 0.3 is 6.03 Å². The highest BCUT2D eigenvalue weighted by Gasteiger charge is 2.49. The first-order valence-electron chi connectivity index (χ1n) is 11.3. The summed E-state index contributed by atoms with van der Waals surface area (Å²) in [5, 5.41) is 6.82. The van der Waals surface area contributed by atoms with Gasteiger partial charge in [0.05, 0.1) is 17.8 Å². The molecule has 0 radical (unpaired) electrons. The first-order valence-corrected chi connectivity index (χ1v) is 11.7. The lowest BCUT2D eigenvalue weighted by Crippen LogP contribution is -2.52.